The third-order valence-electron chi connectivity index (χ3n) is 11.8. The summed E-state index contributed by atoms with van der Waals surface area (Å²) >= 11 is 6.20. The Hall–Kier alpha value is -2.33. The fourth-order valence-corrected chi connectivity index (χ4v) is 9.94. The molecule has 1 aromatic carbocycles. The Balaban J connectivity index is 1.50. The standard InChI is InChI=1S/C32H44ClNO8/c1-16-20(40-6)14-22-30(2)12-10-23(41-27(37)18-13-17(33)7-8-19(18)34-5)32(4,15-35)21(30)9-11-31(22,3)25(16)24-26(36)29(39)42-28(24)38/h7-8,13,16,20-23,25,28,34-36,38H,9-12,14-15H2,1-6H3. The molecule has 0 bridgehead atoms. The first-order valence-electron chi connectivity index (χ1n) is 14.9. The van der Waals surface area contributed by atoms with Gasteiger partial charge in [0.05, 0.1) is 23.8 Å². The minimum Gasteiger partial charge on any atom is -0.502 e. The van der Waals surface area contributed by atoms with Crippen LogP contribution in [0.2, 0.25) is 5.02 Å². The number of halogens is 1. The maximum atomic E-state index is 13.5. The molecule has 10 unspecified atom stereocenters. The molecule has 1 heterocycles. The summed E-state index contributed by atoms with van der Waals surface area (Å²) in [5.74, 6) is -2.23. The lowest BCUT2D eigenvalue weighted by atomic mass is 9.37. The highest BCUT2D eigenvalue weighted by Gasteiger charge is 2.67. The molecule has 10 heteroatoms. The van der Waals surface area contributed by atoms with Gasteiger partial charge in [0.1, 0.15) is 6.10 Å². The number of methoxy groups -OCH3 is 1. The number of rotatable bonds is 6. The van der Waals surface area contributed by atoms with Crippen LogP contribution < -0.4 is 5.32 Å². The van der Waals surface area contributed by atoms with Gasteiger partial charge in [0, 0.05) is 36.2 Å². The second-order valence-corrected chi connectivity index (χ2v) is 14.0. The zero-order valence-electron chi connectivity index (χ0n) is 25.3. The van der Waals surface area contributed by atoms with Gasteiger partial charge in [0.2, 0.25) is 12.0 Å². The van der Waals surface area contributed by atoms with E-state index in [1.54, 1.807) is 32.4 Å². The topological polar surface area (TPSA) is 135 Å². The first-order chi connectivity index (χ1) is 19.8. The van der Waals surface area contributed by atoms with E-state index in [-0.39, 0.29) is 52.8 Å². The quantitative estimate of drug-likeness (QED) is 0.327. The summed E-state index contributed by atoms with van der Waals surface area (Å²) in [5, 5.41) is 35.9. The molecule has 3 aliphatic carbocycles. The number of benzene rings is 1. The molecule has 0 saturated heterocycles. The Labute approximate surface area is 252 Å². The van der Waals surface area contributed by atoms with Gasteiger partial charge in [0.15, 0.2) is 0 Å². The Bertz CT molecular complexity index is 1280. The minimum absolute atomic E-state index is 0.0169. The summed E-state index contributed by atoms with van der Waals surface area (Å²) in [5.41, 5.74) is -0.164. The van der Waals surface area contributed by atoms with Crippen LogP contribution in [0.5, 0.6) is 0 Å². The van der Waals surface area contributed by atoms with Crippen LogP contribution in [-0.4, -0.2) is 66.5 Å². The Morgan fingerprint density at radius 3 is 2.45 bits per heavy atom. The average molecular weight is 606 g/mol. The first kappa shape index (κ1) is 31.1. The van der Waals surface area contributed by atoms with Crippen LogP contribution in [0.3, 0.4) is 0 Å². The molecule has 3 saturated carbocycles. The van der Waals surface area contributed by atoms with Crippen molar-refractivity contribution in [1.82, 2.24) is 0 Å². The van der Waals surface area contributed by atoms with Crippen LogP contribution in [0.15, 0.2) is 29.5 Å². The number of esters is 2. The van der Waals surface area contributed by atoms with Gasteiger partial charge in [-0.3, -0.25) is 0 Å². The molecule has 5 rings (SSSR count). The monoisotopic (exact) mass is 605 g/mol. The number of hydrogen-bond acceptors (Lipinski definition) is 9. The van der Waals surface area contributed by atoms with E-state index in [2.05, 4.69) is 19.2 Å². The van der Waals surface area contributed by atoms with Crippen molar-refractivity contribution in [3.8, 4) is 0 Å². The van der Waals surface area contributed by atoms with Crippen LogP contribution in [0.4, 0.5) is 5.69 Å². The fourth-order valence-electron chi connectivity index (χ4n) is 9.76. The van der Waals surface area contributed by atoms with Crippen molar-refractivity contribution in [1.29, 1.82) is 0 Å². The molecule has 4 aliphatic rings. The van der Waals surface area contributed by atoms with Gasteiger partial charge in [-0.25, -0.2) is 9.59 Å². The molecule has 3 fully saturated rings. The fraction of sp³-hybridized carbons (Fsp3) is 0.688. The maximum absolute atomic E-state index is 13.5. The Kier molecular flexibility index (Phi) is 8.14. The second-order valence-electron chi connectivity index (χ2n) is 13.6. The highest BCUT2D eigenvalue weighted by atomic mass is 35.5. The van der Waals surface area contributed by atoms with E-state index in [9.17, 15) is 24.9 Å². The van der Waals surface area contributed by atoms with Crippen LogP contribution in [0.1, 0.15) is 70.2 Å². The van der Waals surface area contributed by atoms with E-state index in [4.69, 9.17) is 25.8 Å². The summed E-state index contributed by atoms with van der Waals surface area (Å²) in [6.45, 7) is 8.38. The predicted octanol–water partition coefficient (Wildman–Crippen LogP) is 5.10. The van der Waals surface area contributed by atoms with Crippen molar-refractivity contribution < 1.29 is 39.1 Å². The van der Waals surface area contributed by atoms with Crippen molar-refractivity contribution in [2.45, 2.75) is 78.3 Å². The molecule has 0 radical (unpaired) electrons. The Morgan fingerprint density at radius 2 is 1.86 bits per heavy atom. The van der Waals surface area contributed by atoms with Crippen molar-refractivity contribution in [2.24, 2.45) is 39.9 Å². The molecule has 4 N–H and O–H groups in total. The number of nitrogens with one attached hydrogen (secondary N) is 1. The highest BCUT2D eigenvalue weighted by molar-refractivity contribution is 6.31. The number of cyclic esters (lactones) is 1. The largest absolute Gasteiger partial charge is 0.502 e. The Morgan fingerprint density at radius 1 is 1.17 bits per heavy atom. The molecule has 0 aromatic heterocycles. The zero-order chi connectivity index (χ0) is 30.8. The van der Waals surface area contributed by atoms with Crippen LogP contribution in [0.25, 0.3) is 0 Å². The molecular weight excluding hydrogens is 562 g/mol. The molecular formula is C32H44ClNO8. The smallest absolute Gasteiger partial charge is 0.376 e. The number of carbonyl (C=O) groups is 2. The summed E-state index contributed by atoms with van der Waals surface area (Å²) in [4.78, 5) is 25.7. The van der Waals surface area contributed by atoms with E-state index >= 15 is 0 Å². The number of carbonyl (C=O) groups excluding carboxylic acids is 2. The van der Waals surface area contributed by atoms with E-state index in [1.165, 1.54) is 0 Å². The normalized spacial score (nSPS) is 41.5. The molecule has 1 aromatic rings. The molecule has 1 aliphatic heterocycles. The number of aliphatic hydroxyl groups excluding tert-OH is 3. The van der Waals surface area contributed by atoms with Crippen molar-refractivity contribution >= 4 is 29.2 Å². The third-order valence-corrected chi connectivity index (χ3v) is 12.0. The lowest BCUT2D eigenvalue weighted by molar-refractivity contribution is -0.226. The van der Waals surface area contributed by atoms with Crippen molar-refractivity contribution in [2.75, 3.05) is 26.1 Å². The van der Waals surface area contributed by atoms with Crippen LogP contribution in [0, 0.1) is 39.9 Å². The molecule has 9 nitrogen and oxygen atoms in total. The molecule has 42 heavy (non-hydrogen) atoms. The van der Waals surface area contributed by atoms with E-state index in [0.29, 0.717) is 22.7 Å². The summed E-state index contributed by atoms with van der Waals surface area (Å²) in [6, 6.07) is 5.04. The van der Waals surface area contributed by atoms with Gasteiger partial charge in [-0.1, -0.05) is 39.3 Å². The van der Waals surface area contributed by atoms with Gasteiger partial charge in [-0.05, 0) is 78.9 Å². The number of ether oxygens (including phenoxy) is 3. The van der Waals surface area contributed by atoms with E-state index in [0.717, 1.165) is 25.7 Å². The molecule has 10 atom stereocenters. The minimum atomic E-state index is -1.49. The second kappa shape index (κ2) is 11.0. The van der Waals surface area contributed by atoms with E-state index in [1.807, 2.05) is 13.8 Å². The third kappa shape index (κ3) is 4.54. The van der Waals surface area contributed by atoms with Crippen molar-refractivity contribution in [3.63, 3.8) is 0 Å². The van der Waals surface area contributed by atoms with Gasteiger partial charge in [-0.2, -0.15) is 0 Å². The van der Waals surface area contributed by atoms with Gasteiger partial charge in [-0.15, -0.1) is 0 Å². The van der Waals surface area contributed by atoms with Crippen LogP contribution >= 0.6 is 11.6 Å². The molecule has 0 amide bonds. The average Bonchev–Trinajstić information content (AvgIpc) is 3.20. The summed E-state index contributed by atoms with van der Waals surface area (Å²) in [7, 11) is 3.41. The van der Waals surface area contributed by atoms with Gasteiger partial charge < -0.3 is 34.8 Å². The van der Waals surface area contributed by atoms with Crippen molar-refractivity contribution in [3.05, 3.63) is 40.1 Å². The predicted molar refractivity (Wildman–Crippen MR) is 157 cm³/mol. The van der Waals surface area contributed by atoms with Crippen LogP contribution in [-0.2, 0) is 19.0 Å². The zero-order valence-corrected chi connectivity index (χ0v) is 26.0. The SMILES string of the molecule is CNc1ccc(Cl)cc1C(=O)OC1CCC2(C)C(CCC3(C)C(C4=C(O)C(=O)OC4O)C(C)C(OC)CC32)C1(C)CO. The van der Waals surface area contributed by atoms with Gasteiger partial charge >= 0.3 is 11.9 Å². The summed E-state index contributed by atoms with van der Waals surface area (Å²) < 4.78 is 17.2. The number of hydrogen-bond donors (Lipinski definition) is 4. The molecule has 232 valence electrons. The first-order valence-corrected chi connectivity index (χ1v) is 15.3. The number of aliphatic hydroxyl groups is 3. The highest BCUT2D eigenvalue weighted by Crippen LogP contribution is 2.70. The lowest BCUT2D eigenvalue weighted by Crippen LogP contribution is -2.65. The summed E-state index contributed by atoms with van der Waals surface area (Å²) in [6.07, 6.45) is 1.38. The number of fused-ring (bicyclic) bond motifs is 3. The molecule has 0 spiro atoms. The maximum Gasteiger partial charge on any atom is 0.376 e. The lowest BCUT2D eigenvalue weighted by Gasteiger charge is -2.68. The van der Waals surface area contributed by atoms with Gasteiger partial charge in [0.25, 0.3) is 0 Å². The number of anilines is 1. The van der Waals surface area contributed by atoms with E-state index < -0.39 is 35.5 Å².